The maximum Gasteiger partial charge on any atom is 0.150 e. The van der Waals surface area contributed by atoms with Crippen molar-refractivity contribution in [3.05, 3.63) is 0 Å². The second-order valence-electron chi connectivity index (χ2n) is 2.64. The Morgan fingerprint density at radius 3 is 1.88 bits per heavy atom. The fraction of sp³-hybridized carbons (Fsp3) is 0.800. The molecular weight excluding hydrogens is 126 g/mol. The Morgan fingerprint density at radius 1 is 1.50 bits per heavy atom. The maximum atomic E-state index is 8.13. The zero-order chi connectivity index (χ0) is 6.78. The molecule has 0 aromatic heterocycles. The van der Waals surface area contributed by atoms with Gasteiger partial charge in [-0.1, -0.05) is 37.5 Å². The van der Waals surface area contributed by atoms with Crippen LogP contribution in [0.25, 0.3) is 0 Å². The first kappa shape index (κ1) is 7.76. The molecule has 0 aliphatic rings. The summed E-state index contributed by atoms with van der Waals surface area (Å²) in [5.74, 6) is 0. The lowest BCUT2D eigenvalue weighted by atomic mass is 9.99. The first-order valence-corrected chi connectivity index (χ1v) is 2.74. The van der Waals surface area contributed by atoms with E-state index >= 15 is 0 Å². The van der Waals surface area contributed by atoms with E-state index in [0.717, 1.165) is 0 Å². The first-order chi connectivity index (χ1) is 3.48. The van der Waals surface area contributed by atoms with Crippen molar-refractivity contribution < 1.29 is 5.21 Å². The Balaban J connectivity index is 4.03. The summed E-state index contributed by atoms with van der Waals surface area (Å²) >= 11 is 5.44. The quantitative estimate of drug-likeness (QED) is 0.308. The summed E-state index contributed by atoms with van der Waals surface area (Å²) in [5.41, 5.74) is -0.226. The van der Waals surface area contributed by atoms with Crippen LogP contribution in [-0.4, -0.2) is 10.4 Å². The normalized spacial score (nSPS) is 14.2. The Hall–Kier alpha value is -0.240. The van der Waals surface area contributed by atoms with E-state index in [2.05, 4.69) is 5.16 Å². The Bertz CT molecular complexity index is 103. The lowest BCUT2D eigenvalue weighted by molar-refractivity contribution is 0.313. The van der Waals surface area contributed by atoms with Crippen molar-refractivity contribution in [1.29, 1.82) is 0 Å². The molecule has 0 saturated carbocycles. The fourth-order valence-electron chi connectivity index (χ4n) is 0.150. The van der Waals surface area contributed by atoms with E-state index in [1.54, 1.807) is 0 Å². The second-order valence-corrected chi connectivity index (χ2v) is 3.00. The SMILES string of the molecule is CC(C)(C)C(Cl)=NO. The van der Waals surface area contributed by atoms with Gasteiger partial charge in [0.05, 0.1) is 0 Å². The van der Waals surface area contributed by atoms with Gasteiger partial charge in [0.2, 0.25) is 0 Å². The minimum Gasteiger partial charge on any atom is -0.410 e. The number of halogens is 1. The largest absolute Gasteiger partial charge is 0.410 e. The summed E-state index contributed by atoms with van der Waals surface area (Å²) in [6.07, 6.45) is 0. The number of rotatable bonds is 0. The van der Waals surface area contributed by atoms with Crippen LogP contribution in [0.15, 0.2) is 5.16 Å². The molecule has 0 aromatic carbocycles. The zero-order valence-electron chi connectivity index (χ0n) is 5.27. The molecule has 0 aromatic rings. The summed E-state index contributed by atoms with van der Waals surface area (Å²) in [7, 11) is 0. The van der Waals surface area contributed by atoms with Crippen LogP contribution in [0.4, 0.5) is 0 Å². The van der Waals surface area contributed by atoms with E-state index in [1.165, 1.54) is 0 Å². The molecule has 0 spiro atoms. The van der Waals surface area contributed by atoms with Crippen molar-refractivity contribution >= 4 is 16.8 Å². The molecule has 0 fully saturated rings. The molecule has 2 nitrogen and oxygen atoms in total. The molecule has 48 valence electrons. The summed E-state index contributed by atoms with van der Waals surface area (Å²) in [6, 6.07) is 0. The highest BCUT2D eigenvalue weighted by Crippen LogP contribution is 2.17. The van der Waals surface area contributed by atoms with Gasteiger partial charge in [-0.2, -0.15) is 0 Å². The van der Waals surface area contributed by atoms with Gasteiger partial charge in [0.15, 0.2) is 5.17 Å². The topological polar surface area (TPSA) is 32.6 Å². The molecular formula is C5H10ClNO. The first-order valence-electron chi connectivity index (χ1n) is 2.36. The number of hydrogen-bond acceptors (Lipinski definition) is 2. The van der Waals surface area contributed by atoms with Gasteiger partial charge in [-0.25, -0.2) is 0 Å². The molecule has 0 saturated heterocycles. The van der Waals surface area contributed by atoms with Crippen LogP contribution in [0, 0.1) is 5.41 Å². The van der Waals surface area contributed by atoms with E-state index in [1.807, 2.05) is 20.8 Å². The lowest BCUT2D eigenvalue weighted by Crippen LogP contribution is -2.13. The molecule has 0 heterocycles. The van der Waals surface area contributed by atoms with Crippen LogP contribution >= 0.6 is 11.6 Å². The highest BCUT2D eigenvalue weighted by atomic mass is 35.5. The highest BCUT2D eigenvalue weighted by Gasteiger charge is 2.16. The molecule has 0 radical (unpaired) electrons. The van der Waals surface area contributed by atoms with E-state index in [-0.39, 0.29) is 10.6 Å². The van der Waals surface area contributed by atoms with Gasteiger partial charge in [0, 0.05) is 5.41 Å². The molecule has 0 unspecified atom stereocenters. The third-order valence-electron chi connectivity index (χ3n) is 0.707. The van der Waals surface area contributed by atoms with E-state index in [4.69, 9.17) is 16.8 Å². The molecule has 0 bridgehead atoms. The van der Waals surface area contributed by atoms with Crippen LogP contribution in [0.5, 0.6) is 0 Å². The average molecular weight is 136 g/mol. The Kier molecular flexibility index (Phi) is 2.28. The van der Waals surface area contributed by atoms with Crippen molar-refractivity contribution in [2.24, 2.45) is 10.6 Å². The van der Waals surface area contributed by atoms with Gasteiger partial charge >= 0.3 is 0 Å². The van der Waals surface area contributed by atoms with E-state index in [9.17, 15) is 0 Å². The van der Waals surface area contributed by atoms with Crippen LogP contribution in [0.3, 0.4) is 0 Å². The molecule has 0 aliphatic heterocycles. The van der Waals surface area contributed by atoms with Gasteiger partial charge in [-0.05, 0) is 0 Å². The van der Waals surface area contributed by atoms with Gasteiger partial charge < -0.3 is 5.21 Å². The van der Waals surface area contributed by atoms with Crippen molar-refractivity contribution in [2.45, 2.75) is 20.8 Å². The third-order valence-corrected chi connectivity index (χ3v) is 1.35. The zero-order valence-corrected chi connectivity index (χ0v) is 6.03. The molecule has 0 atom stereocenters. The lowest BCUT2D eigenvalue weighted by Gasteiger charge is -2.12. The van der Waals surface area contributed by atoms with Gasteiger partial charge in [0.25, 0.3) is 0 Å². The average Bonchev–Trinajstić information content (AvgIpc) is 1.62. The summed E-state index contributed by atoms with van der Waals surface area (Å²) in [6.45, 7) is 5.61. The predicted octanol–water partition coefficient (Wildman–Crippen LogP) is 2.06. The second kappa shape index (κ2) is 2.35. The minimum absolute atomic E-state index is 0.226. The van der Waals surface area contributed by atoms with Crippen molar-refractivity contribution in [3.63, 3.8) is 0 Å². The third kappa shape index (κ3) is 2.17. The molecule has 8 heavy (non-hydrogen) atoms. The van der Waals surface area contributed by atoms with Gasteiger partial charge in [-0.3, -0.25) is 0 Å². The predicted molar refractivity (Wildman–Crippen MR) is 34.5 cm³/mol. The van der Waals surface area contributed by atoms with Gasteiger partial charge in [0.1, 0.15) is 0 Å². The van der Waals surface area contributed by atoms with Crippen LogP contribution in [-0.2, 0) is 0 Å². The van der Waals surface area contributed by atoms with Crippen molar-refractivity contribution in [2.75, 3.05) is 0 Å². The molecule has 0 amide bonds. The van der Waals surface area contributed by atoms with E-state index < -0.39 is 0 Å². The number of hydrogen-bond donors (Lipinski definition) is 1. The summed E-state index contributed by atoms with van der Waals surface area (Å²) in [5, 5.41) is 11.2. The van der Waals surface area contributed by atoms with Crippen molar-refractivity contribution in [1.82, 2.24) is 0 Å². The molecule has 3 heteroatoms. The molecule has 0 rings (SSSR count). The van der Waals surface area contributed by atoms with Crippen molar-refractivity contribution in [3.8, 4) is 0 Å². The monoisotopic (exact) mass is 135 g/mol. The Morgan fingerprint density at radius 2 is 1.88 bits per heavy atom. The number of nitrogens with zero attached hydrogens (tertiary/aromatic N) is 1. The molecule has 1 N–H and O–H groups in total. The minimum atomic E-state index is -0.226. The van der Waals surface area contributed by atoms with Crippen LogP contribution < -0.4 is 0 Å². The summed E-state index contributed by atoms with van der Waals surface area (Å²) in [4.78, 5) is 0. The number of oxime groups is 1. The van der Waals surface area contributed by atoms with Gasteiger partial charge in [-0.15, -0.1) is 0 Å². The van der Waals surface area contributed by atoms with Crippen LogP contribution in [0.2, 0.25) is 0 Å². The summed E-state index contributed by atoms with van der Waals surface area (Å²) < 4.78 is 0. The fourth-order valence-corrected chi connectivity index (χ4v) is 0.150. The smallest absolute Gasteiger partial charge is 0.150 e. The highest BCUT2D eigenvalue weighted by molar-refractivity contribution is 6.66. The van der Waals surface area contributed by atoms with Crippen LogP contribution in [0.1, 0.15) is 20.8 Å². The molecule has 0 aliphatic carbocycles. The maximum absolute atomic E-state index is 8.13. The standard InChI is InChI=1S/C5H10ClNO/c1-5(2,3)4(6)7-8/h8H,1-3H3. The van der Waals surface area contributed by atoms with E-state index in [0.29, 0.717) is 0 Å². The Labute approximate surface area is 54.1 Å².